The van der Waals surface area contributed by atoms with Gasteiger partial charge >= 0.3 is 0 Å². The van der Waals surface area contributed by atoms with Gasteiger partial charge in [-0.25, -0.2) is 0 Å². The highest BCUT2D eigenvalue weighted by Gasteiger charge is 2.09. The number of hydrogen-bond acceptors (Lipinski definition) is 4. The molecule has 0 spiro atoms. The second-order valence-electron chi connectivity index (χ2n) is 4.86. The van der Waals surface area contributed by atoms with Crippen LogP contribution in [0.25, 0.3) is 11.0 Å². The van der Waals surface area contributed by atoms with Crippen LogP contribution in [0.2, 0.25) is 0 Å². The number of nitrogens with one attached hydrogen (secondary N) is 1. The lowest BCUT2D eigenvalue weighted by atomic mass is 10.2. The van der Waals surface area contributed by atoms with Crippen LogP contribution in [0, 0.1) is 17.0 Å². The molecule has 1 heterocycles. The molecule has 0 fully saturated rings. The number of non-ortho nitro benzene ring substituents is 1. The summed E-state index contributed by atoms with van der Waals surface area (Å²) >= 11 is 0. The molecule has 3 aromatic rings. The number of anilines is 1. The average Bonchev–Trinajstić information content (AvgIpc) is 2.89. The Morgan fingerprint density at radius 3 is 2.76 bits per heavy atom. The maximum atomic E-state index is 10.8. The zero-order valence-electron chi connectivity index (χ0n) is 11.5. The number of fused-ring (bicyclic) bond motifs is 1. The molecule has 5 heteroatoms. The number of rotatable bonds is 4. The molecule has 0 amide bonds. The first-order chi connectivity index (χ1) is 10.1. The third-order valence-electron chi connectivity index (χ3n) is 3.36. The molecule has 2 aromatic carbocycles. The lowest BCUT2D eigenvalue weighted by molar-refractivity contribution is -0.384. The Morgan fingerprint density at radius 1 is 1.19 bits per heavy atom. The molecule has 3 rings (SSSR count). The van der Waals surface area contributed by atoms with Gasteiger partial charge in [0.2, 0.25) is 0 Å². The minimum absolute atomic E-state index is 0.0766. The van der Waals surface area contributed by atoms with E-state index in [4.69, 9.17) is 4.42 Å². The molecule has 0 saturated carbocycles. The summed E-state index contributed by atoms with van der Waals surface area (Å²) in [5.41, 5.74) is 2.61. The lowest BCUT2D eigenvalue weighted by Gasteiger charge is -2.07. The minimum Gasteiger partial charge on any atom is -0.459 e. The second-order valence-corrected chi connectivity index (χ2v) is 4.86. The first-order valence-corrected chi connectivity index (χ1v) is 6.60. The third kappa shape index (κ3) is 2.72. The second kappa shape index (κ2) is 5.28. The molecular weight excluding hydrogens is 268 g/mol. The fraction of sp³-hybridized carbons (Fsp3) is 0.125. The molecule has 0 unspecified atom stereocenters. The van der Waals surface area contributed by atoms with Crippen molar-refractivity contribution in [2.75, 3.05) is 5.32 Å². The fourth-order valence-electron chi connectivity index (χ4n) is 2.22. The number of nitro groups is 1. The van der Waals surface area contributed by atoms with Crippen LogP contribution in [0.3, 0.4) is 0 Å². The summed E-state index contributed by atoms with van der Waals surface area (Å²) in [5.74, 6) is 0.794. The van der Waals surface area contributed by atoms with Crippen LogP contribution < -0.4 is 5.32 Å². The molecule has 5 nitrogen and oxygen atoms in total. The van der Waals surface area contributed by atoms with Gasteiger partial charge in [0, 0.05) is 23.2 Å². The highest BCUT2D eigenvalue weighted by Crippen LogP contribution is 2.24. The standard InChI is InChI=1S/C16H14N2O3/c1-11-6-7-13(18(19)20)9-15(11)17-10-14-8-12-4-2-3-5-16(12)21-14/h2-9,17H,10H2,1H3. The number of nitrogens with zero attached hydrogens (tertiary/aromatic N) is 1. The Kier molecular flexibility index (Phi) is 3.31. The van der Waals surface area contributed by atoms with E-state index in [0.29, 0.717) is 6.54 Å². The van der Waals surface area contributed by atoms with Gasteiger partial charge in [0.1, 0.15) is 11.3 Å². The van der Waals surface area contributed by atoms with E-state index in [1.807, 2.05) is 37.3 Å². The van der Waals surface area contributed by atoms with Gasteiger partial charge in [-0.05, 0) is 24.6 Å². The zero-order chi connectivity index (χ0) is 14.8. The number of para-hydroxylation sites is 1. The molecule has 0 atom stereocenters. The maximum Gasteiger partial charge on any atom is 0.271 e. The van der Waals surface area contributed by atoms with Crippen LogP contribution >= 0.6 is 0 Å². The quantitative estimate of drug-likeness (QED) is 0.573. The molecule has 21 heavy (non-hydrogen) atoms. The molecule has 0 radical (unpaired) electrons. The average molecular weight is 282 g/mol. The Bertz CT molecular complexity index is 775. The number of benzene rings is 2. The van der Waals surface area contributed by atoms with E-state index >= 15 is 0 Å². The maximum absolute atomic E-state index is 10.8. The molecular formula is C16H14N2O3. The van der Waals surface area contributed by atoms with E-state index in [0.717, 1.165) is 28.0 Å². The van der Waals surface area contributed by atoms with Crippen molar-refractivity contribution in [1.29, 1.82) is 0 Å². The predicted molar refractivity (Wildman–Crippen MR) is 81.4 cm³/mol. The van der Waals surface area contributed by atoms with E-state index < -0.39 is 4.92 Å². The molecule has 0 aliphatic carbocycles. The smallest absolute Gasteiger partial charge is 0.271 e. The Morgan fingerprint density at radius 2 is 2.00 bits per heavy atom. The number of hydrogen-bond donors (Lipinski definition) is 1. The summed E-state index contributed by atoms with van der Waals surface area (Å²) in [7, 11) is 0. The van der Waals surface area contributed by atoms with Gasteiger partial charge in [0.15, 0.2) is 0 Å². The minimum atomic E-state index is -0.397. The van der Waals surface area contributed by atoms with Crippen LogP contribution in [0.4, 0.5) is 11.4 Å². The van der Waals surface area contributed by atoms with Crippen molar-refractivity contribution < 1.29 is 9.34 Å². The predicted octanol–water partition coefficient (Wildman–Crippen LogP) is 4.26. The van der Waals surface area contributed by atoms with Crippen molar-refractivity contribution in [3.8, 4) is 0 Å². The normalized spacial score (nSPS) is 10.7. The summed E-state index contributed by atoms with van der Waals surface area (Å²) in [6, 6.07) is 14.5. The zero-order valence-corrected chi connectivity index (χ0v) is 11.5. The number of furan rings is 1. The molecule has 1 N–H and O–H groups in total. The van der Waals surface area contributed by atoms with E-state index in [-0.39, 0.29) is 5.69 Å². The SMILES string of the molecule is Cc1ccc([N+](=O)[O-])cc1NCc1cc2ccccc2o1. The van der Waals surface area contributed by atoms with Crippen molar-refractivity contribution in [3.63, 3.8) is 0 Å². The van der Waals surface area contributed by atoms with Crippen LogP contribution in [0.5, 0.6) is 0 Å². The van der Waals surface area contributed by atoms with Gasteiger partial charge in [-0.2, -0.15) is 0 Å². The summed E-state index contributed by atoms with van der Waals surface area (Å²) < 4.78 is 5.71. The van der Waals surface area contributed by atoms with Crippen molar-refractivity contribution >= 4 is 22.3 Å². The molecule has 0 aliphatic rings. The van der Waals surface area contributed by atoms with Crippen molar-refractivity contribution in [3.05, 3.63) is 70.0 Å². The third-order valence-corrected chi connectivity index (χ3v) is 3.36. The summed E-state index contributed by atoms with van der Waals surface area (Å²) in [6.07, 6.45) is 0. The van der Waals surface area contributed by atoms with Gasteiger partial charge < -0.3 is 9.73 Å². The summed E-state index contributed by atoms with van der Waals surface area (Å²) in [5, 5.41) is 15.0. The van der Waals surface area contributed by atoms with Gasteiger partial charge in [0.25, 0.3) is 5.69 Å². The van der Waals surface area contributed by atoms with E-state index in [2.05, 4.69) is 5.32 Å². The summed E-state index contributed by atoms with van der Waals surface area (Å²) in [4.78, 5) is 10.4. The topological polar surface area (TPSA) is 68.3 Å². The van der Waals surface area contributed by atoms with Crippen LogP contribution in [0.15, 0.2) is 52.9 Å². The monoisotopic (exact) mass is 282 g/mol. The first kappa shape index (κ1) is 13.2. The largest absolute Gasteiger partial charge is 0.459 e. The first-order valence-electron chi connectivity index (χ1n) is 6.60. The number of aryl methyl sites for hydroxylation is 1. The number of nitro benzene ring substituents is 1. The summed E-state index contributed by atoms with van der Waals surface area (Å²) in [6.45, 7) is 2.39. The Labute approximate surface area is 121 Å². The van der Waals surface area contributed by atoms with Crippen molar-refractivity contribution in [2.45, 2.75) is 13.5 Å². The van der Waals surface area contributed by atoms with E-state index in [1.54, 1.807) is 6.07 Å². The van der Waals surface area contributed by atoms with Gasteiger partial charge in [-0.15, -0.1) is 0 Å². The van der Waals surface area contributed by atoms with Gasteiger partial charge in [-0.1, -0.05) is 24.3 Å². The highest BCUT2D eigenvalue weighted by molar-refractivity contribution is 5.77. The van der Waals surface area contributed by atoms with Crippen molar-refractivity contribution in [1.82, 2.24) is 0 Å². The molecule has 1 aromatic heterocycles. The fourth-order valence-corrected chi connectivity index (χ4v) is 2.22. The Hall–Kier alpha value is -2.82. The molecule has 0 aliphatic heterocycles. The molecule has 0 saturated heterocycles. The lowest BCUT2D eigenvalue weighted by Crippen LogP contribution is -2.01. The van der Waals surface area contributed by atoms with Crippen molar-refractivity contribution in [2.24, 2.45) is 0 Å². The van der Waals surface area contributed by atoms with Gasteiger partial charge in [0.05, 0.1) is 11.5 Å². The Balaban J connectivity index is 1.80. The van der Waals surface area contributed by atoms with E-state index in [1.165, 1.54) is 12.1 Å². The van der Waals surface area contributed by atoms with E-state index in [9.17, 15) is 10.1 Å². The van der Waals surface area contributed by atoms with Crippen LogP contribution in [-0.4, -0.2) is 4.92 Å². The van der Waals surface area contributed by atoms with Gasteiger partial charge in [-0.3, -0.25) is 10.1 Å². The van der Waals surface area contributed by atoms with Crippen LogP contribution in [0.1, 0.15) is 11.3 Å². The van der Waals surface area contributed by atoms with Crippen LogP contribution in [-0.2, 0) is 6.54 Å². The molecule has 0 bridgehead atoms. The molecule has 106 valence electrons. The highest BCUT2D eigenvalue weighted by atomic mass is 16.6.